The third-order valence-corrected chi connectivity index (χ3v) is 11.4. The van der Waals surface area contributed by atoms with Crippen LogP contribution in [-0.2, 0) is 33.6 Å². The Morgan fingerprint density at radius 2 is 0.887 bits per heavy atom. The normalized spacial score (nSPS) is 18.2. The molecule has 0 aromatic carbocycles. The average molecular weight is 785 g/mol. The molecule has 1 aliphatic heterocycles. The molecule has 1 heterocycles. The Hall–Kier alpha value is -1.26. The first kappa shape index (κ1) is 49.8. The van der Waals surface area contributed by atoms with E-state index < -0.39 is 38.0 Å². The minimum atomic E-state index is -3.67. The van der Waals surface area contributed by atoms with Crippen LogP contribution in [0.1, 0.15) is 187 Å². The molecule has 2 atom stereocenters. The Morgan fingerprint density at radius 3 is 1.28 bits per heavy atom. The fraction of sp³-hybridized carbons (Fsp3) is 0.818. The molecule has 1 aliphatic rings. The second kappa shape index (κ2) is 31.9. The molecule has 1 rings (SSSR count). The third kappa shape index (κ3) is 30.6. The van der Waals surface area contributed by atoms with Crippen molar-refractivity contribution in [3.63, 3.8) is 0 Å². The number of unbranched alkanes of at least 4 members (excludes halogenated alkanes) is 18. The first-order valence-corrected chi connectivity index (χ1v) is 25.4. The number of hydrogen-bond donors (Lipinski definition) is 0. The van der Waals surface area contributed by atoms with E-state index in [0.29, 0.717) is 12.8 Å². The molecule has 0 spiro atoms. The van der Waals surface area contributed by atoms with Crippen LogP contribution in [0.3, 0.4) is 0 Å². The van der Waals surface area contributed by atoms with Crippen LogP contribution in [-0.4, -0.2) is 59.7 Å². The lowest BCUT2D eigenvalue weighted by Gasteiger charge is -2.29. The minimum absolute atomic E-state index is 0.0393. The van der Waals surface area contributed by atoms with E-state index in [2.05, 4.69) is 62.5 Å². The highest BCUT2D eigenvalue weighted by Crippen LogP contribution is 2.39. The Morgan fingerprint density at radius 1 is 0.509 bits per heavy atom. The summed E-state index contributed by atoms with van der Waals surface area (Å²) in [5, 5.41) is 0. The van der Waals surface area contributed by atoms with Crippen LogP contribution >= 0.6 is 0 Å². The van der Waals surface area contributed by atoms with E-state index in [4.69, 9.17) is 13.7 Å². The fourth-order valence-corrected chi connectivity index (χ4v) is 7.81. The summed E-state index contributed by atoms with van der Waals surface area (Å²) in [6, 6.07) is 0. The molecule has 0 radical (unpaired) electrons. The van der Waals surface area contributed by atoms with Gasteiger partial charge in [-0.3, -0.25) is 4.18 Å². The van der Waals surface area contributed by atoms with Gasteiger partial charge in [0.1, 0.15) is 15.9 Å². The van der Waals surface area contributed by atoms with Crippen LogP contribution in [0, 0.1) is 0 Å². The lowest BCUT2D eigenvalue weighted by atomic mass is 9.98. The molecule has 2 unspecified atom stereocenters. The largest absolute Gasteiger partial charge is 0.344 e. The fourth-order valence-electron chi connectivity index (χ4n) is 6.76. The maximum absolute atomic E-state index is 12.0. The van der Waals surface area contributed by atoms with Crippen LogP contribution in [0.15, 0.2) is 48.6 Å². The van der Waals surface area contributed by atoms with E-state index in [9.17, 15) is 16.8 Å². The van der Waals surface area contributed by atoms with Crippen molar-refractivity contribution in [2.45, 2.75) is 205 Å². The molecule has 0 N–H and O–H groups in total. The van der Waals surface area contributed by atoms with Crippen LogP contribution in [0.4, 0.5) is 0 Å². The van der Waals surface area contributed by atoms with Crippen LogP contribution < -0.4 is 0 Å². The SMILES string of the molecule is CCCCC/C=C\C/C=C\CCCCCCCCC1(CCCCCCCC/C=C\C/C=C\CCCCC)OC(CCS(C)(=O)=O)C(COS(C)(=O)=O)O1. The van der Waals surface area contributed by atoms with Crippen molar-refractivity contribution >= 4 is 20.0 Å². The van der Waals surface area contributed by atoms with Gasteiger partial charge in [-0.15, -0.1) is 0 Å². The highest BCUT2D eigenvalue weighted by atomic mass is 32.2. The average Bonchev–Trinajstić information content (AvgIpc) is 3.46. The second-order valence-corrected chi connectivity index (χ2v) is 19.2. The second-order valence-electron chi connectivity index (χ2n) is 15.3. The first-order valence-electron chi connectivity index (χ1n) is 21.5. The van der Waals surface area contributed by atoms with Crippen molar-refractivity contribution in [1.29, 1.82) is 0 Å². The van der Waals surface area contributed by atoms with Gasteiger partial charge in [0.25, 0.3) is 10.1 Å². The molecule has 0 amide bonds. The number of allylic oxidation sites excluding steroid dienone is 8. The number of rotatable bonds is 36. The molecule has 0 aromatic rings. The lowest BCUT2D eigenvalue weighted by molar-refractivity contribution is -0.188. The van der Waals surface area contributed by atoms with Gasteiger partial charge in [0.05, 0.1) is 24.7 Å². The Labute approximate surface area is 327 Å². The van der Waals surface area contributed by atoms with Crippen molar-refractivity contribution in [2.75, 3.05) is 24.9 Å². The maximum atomic E-state index is 12.0. The highest BCUT2D eigenvalue weighted by molar-refractivity contribution is 7.90. The van der Waals surface area contributed by atoms with Gasteiger partial charge in [-0.1, -0.05) is 140 Å². The Balaban J connectivity index is 2.52. The van der Waals surface area contributed by atoms with Crippen LogP contribution in [0.5, 0.6) is 0 Å². The molecule has 310 valence electrons. The number of hydrogen-bond acceptors (Lipinski definition) is 7. The summed E-state index contributed by atoms with van der Waals surface area (Å²) in [5.41, 5.74) is 0. The predicted octanol–water partition coefficient (Wildman–Crippen LogP) is 12.3. The van der Waals surface area contributed by atoms with E-state index in [-0.39, 0.29) is 18.8 Å². The summed E-state index contributed by atoms with van der Waals surface area (Å²) in [5.74, 6) is -0.874. The van der Waals surface area contributed by atoms with Gasteiger partial charge < -0.3 is 9.47 Å². The minimum Gasteiger partial charge on any atom is -0.344 e. The van der Waals surface area contributed by atoms with Gasteiger partial charge >= 0.3 is 0 Å². The summed E-state index contributed by atoms with van der Waals surface area (Å²) in [7, 11) is -6.89. The van der Waals surface area contributed by atoms with Crippen LogP contribution in [0.25, 0.3) is 0 Å². The van der Waals surface area contributed by atoms with Gasteiger partial charge in [-0.25, -0.2) is 8.42 Å². The van der Waals surface area contributed by atoms with Gasteiger partial charge in [-0.05, 0) is 83.5 Å². The zero-order valence-corrected chi connectivity index (χ0v) is 36.1. The van der Waals surface area contributed by atoms with E-state index in [1.807, 2.05) is 0 Å². The van der Waals surface area contributed by atoms with Crippen LogP contribution in [0.2, 0.25) is 0 Å². The van der Waals surface area contributed by atoms with Crippen molar-refractivity contribution in [3.05, 3.63) is 48.6 Å². The quantitative estimate of drug-likeness (QED) is 0.0354. The summed E-state index contributed by atoms with van der Waals surface area (Å²) < 4.78 is 65.9. The zero-order valence-electron chi connectivity index (χ0n) is 34.5. The monoisotopic (exact) mass is 785 g/mol. The smallest absolute Gasteiger partial charge is 0.264 e. The number of sulfone groups is 1. The molecule has 0 aromatic heterocycles. The zero-order chi connectivity index (χ0) is 38.9. The van der Waals surface area contributed by atoms with Crippen molar-refractivity contribution < 1.29 is 30.5 Å². The summed E-state index contributed by atoms with van der Waals surface area (Å²) in [6.45, 7) is 4.31. The van der Waals surface area contributed by atoms with Gasteiger partial charge in [-0.2, -0.15) is 8.42 Å². The molecule has 53 heavy (non-hydrogen) atoms. The van der Waals surface area contributed by atoms with E-state index in [0.717, 1.165) is 70.5 Å². The third-order valence-electron chi connectivity index (χ3n) is 9.88. The van der Waals surface area contributed by atoms with Gasteiger partial charge in [0.15, 0.2) is 5.79 Å². The molecule has 0 aliphatic carbocycles. The maximum Gasteiger partial charge on any atom is 0.264 e. The van der Waals surface area contributed by atoms with Gasteiger partial charge in [0.2, 0.25) is 0 Å². The van der Waals surface area contributed by atoms with E-state index in [1.54, 1.807) is 0 Å². The molecular weight excluding hydrogens is 705 g/mol. The molecule has 0 bridgehead atoms. The topological polar surface area (TPSA) is 96.0 Å². The first-order chi connectivity index (χ1) is 25.5. The van der Waals surface area contributed by atoms with Crippen molar-refractivity contribution in [2.24, 2.45) is 0 Å². The predicted molar refractivity (Wildman–Crippen MR) is 226 cm³/mol. The van der Waals surface area contributed by atoms with E-state index >= 15 is 0 Å². The molecule has 7 nitrogen and oxygen atoms in total. The molecule has 9 heteroatoms. The molecule has 0 saturated carbocycles. The lowest BCUT2D eigenvalue weighted by Crippen LogP contribution is -2.32. The molecular formula is C44H80O7S2. The van der Waals surface area contributed by atoms with Gasteiger partial charge in [0, 0.05) is 19.1 Å². The Kier molecular flexibility index (Phi) is 29.9. The standard InChI is InChI=1S/C44H80O7S2/c1-5-7-9-11-13-15-17-19-21-23-25-27-29-31-33-35-38-44(50-42(37-40-52(3,45)46)43(51-44)41-49-53(4,47)48)39-36-34-32-30-28-26-24-22-20-18-16-14-12-10-8-6-2/h13-16,19-22,42-43H,5-12,17-18,23-41H2,1-4H3/b15-13-,16-14-,21-19-,22-20-. The Bertz CT molecular complexity index is 1110. The molecule has 1 saturated heterocycles. The summed E-state index contributed by atoms with van der Waals surface area (Å²) >= 11 is 0. The van der Waals surface area contributed by atoms with E-state index in [1.165, 1.54) is 96.1 Å². The highest BCUT2D eigenvalue weighted by Gasteiger charge is 2.47. The number of ether oxygens (including phenoxy) is 2. The summed E-state index contributed by atoms with van der Waals surface area (Å²) in [4.78, 5) is 0. The molecule has 1 fully saturated rings. The summed E-state index contributed by atoms with van der Waals surface area (Å²) in [6.07, 6.45) is 49.3. The van der Waals surface area contributed by atoms with Crippen molar-refractivity contribution in [1.82, 2.24) is 0 Å². The van der Waals surface area contributed by atoms with Crippen molar-refractivity contribution in [3.8, 4) is 0 Å².